The molecule has 0 saturated heterocycles. The summed E-state index contributed by atoms with van der Waals surface area (Å²) in [7, 11) is 0. The number of halogens is 2. The third-order valence-corrected chi connectivity index (χ3v) is 3.09. The molecule has 0 unspecified atom stereocenters. The summed E-state index contributed by atoms with van der Waals surface area (Å²) in [5.74, 6) is 0. The van der Waals surface area contributed by atoms with Crippen molar-refractivity contribution in [1.82, 2.24) is 9.55 Å². The van der Waals surface area contributed by atoms with Crippen LogP contribution in [-0.4, -0.2) is 9.55 Å². The second kappa shape index (κ2) is 4.93. The summed E-state index contributed by atoms with van der Waals surface area (Å²) in [4.78, 5) is 15.8. The van der Waals surface area contributed by atoms with Crippen molar-refractivity contribution in [3.8, 4) is 0 Å². The molecule has 2 heterocycles. The molecule has 82 valence electrons. The van der Waals surface area contributed by atoms with Gasteiger partial charge in [-0.15, -0.1) is 0 Å². The molecule has 5 heteroatoms. The van der Waals surface area contributed by atoms with Crippen molar-refractivity contribution in [3.63, 3.8) is 0 Å². The number of aromatic nitrogens is 2. The smallest absolute Gasteiger partial charge is 0.265 e. The monoisotopic (exact) mass is 342 g/mol. The van der Waals surface area contributed by atoms with Gasteiger partial charge >= 0.3 is 0 Å². The molecular formula is C11H8Br2N2O. The lowest BCUT2D eigenvalue weighted by molar-refractivity contribution is 0.749. The van der Waals surface area contributed by atoms with Gasteiger partial charge in [-0.2, -0.15) is 0 Å². The first-order valence-electron chi connectivity index (χ1n) is 4.61. The Labute approximate surface area is 109 Å². The number of hydrogen-bond acceptors (Lipinski definition) is 2. The lowest BCUT2D eigenvalue weighted by Gasteiger charge is -2.06. The van der Waals surface area contributed by atoms with Crippen molar-refractivity contribution >= 4 is 31.9 Å². The van der Waals surface area contributed by atoms with Gasteiger partial charge in [0.2, 0.25) is 0 Å². The van der Waals surface area contributed by atoms with Crippen molar-refractivity contribution in [2.75, 3.05) is 0 Å². The molecule has 0 amide bonds. The van der Waals surface area contributed by atoms with E-state index in [1.807, 2.05) is 12.1 Å². The molecular weight excluding hydrogens is 336 g/mol. The Morgan fingerprint density at radius 2 is 2.19 bits per heavy atom. The van der Waals surface area contributed by atoms with E-state index in [2.05, 4.69) is 36.8 Å². The molecule has 2 aromatic rings. The van der Waals surface area contributed by atoms with Gasteiger partial charge in [0.15, 0.2) is 0 Å². The summed E-state index contributed by atoms with van der Waals surface area (Å²) in [6, 6.07) is 5.53. The van der Waals surface area contributed by atoms with Crippen molar-refractivity contribution in [3.05, 3.63) is 61.7 Å². The predicted octanol–water partition coefficient (Wildman–Crippen LogP) is 2.82. The summed E-state index contributed by atoms with van der Waals surface area (Å²) >= 11 is 6.59. The fourth-order valence-corrected chi connectivity index (χ4v) is 2.63. The average molecular weight is 344 g/mol. The molecule has 0 aliphatic carbocycles. The molecule has 0 aliphatic rings. The molecule has 0 spiro atoms. The molecule has 0 N–H and O–H groups in total. The number of pyridine rings is 2. The molecule has 2 rings (SSSR count). The first kappa shape index (κ1) is 11.5. The van der Waals surface area contributed by atoms with E-state index in [-0.39, 0.29) is 5.56 Å². The van der Waals surface area contributed by atoms with Gasteiger partial charge in [0.1, 0.15) is 0 Å². The van der Waals surface area contributed by atoms with Crippen LogP contribution in [0.25, 0.3) is 0 Å². The zero-order valence-electron chi connectivity index (χ0n) is 8.23. The normalized spacial score (nSPS) is 10.4. The molecule has 0 aromatic carbocycles. The molecule has 0 bridgehead atoms. The average Bonchev–Trinajstić information content (AvgIpc) is 2.27. The minimum absolute atomic E-state index is 0.0490. The minimum Gasteiger partial charge on any atom is -0.309 e. The summed E-state index contributed by atoms with van der Waals surface area (Å²) in [6.45, 7) is 0.519. The summed E-state index contributed by atoms with van der Waals surface area (Å²) < 4.78 is 3.04. The van der Waals surface area contributed by atoms with Crippen molar-refractivity contribution in [1.29, 1.82) is 0 Å². The SMILES string of the molecule is O=c1c(Br)cc(Br)cn1Cc1cccnc1. The number of rotatable bonds is 2. The Balaban J connectivity index is 2.39. The topological polar surface area (TPSA) is 34.9 Å². The van der Waals surface area contributed by atoms with Gasteiger partial charge in [0.25, 0.3) is 5.56 Å². The lowest BCUT2D eigenvalue weighted by Crippen LogP contribution is -2.20. The summed E-state index contributed by atoms with van der Waals surface area (Å²) in [5, 5.41) is 0. The Bertz CT molecular complexity index is 552. The van der Waals surface area contributed by atoms with E-state index >= 15 is 0 Å². The van der Waals surface area contributed by atoms with Crippen LogP contribution in [-0.2, 0) is 6.54 Å². The summed E-state index contributed by atoms with van der Waals surface area (Å²) in [5.41, 5.74) is 0.946. The van der Waals surface area contributed by atoms with E-state index in [9.17, 15) is 4.79 Å². The number of hydrogen-bond donors (Lipinski definition) is 0. The maximum Gasteiger partial charge on any atom is 0.265 e. The van der Waals surface area contributed by atoms with Crippen LogP contribution < -0.4 is 5.56 Å². The largest absolute Gasteiger partial charge is 0.309 e. The van der Waals surface area contributed by atoms with Gasteiger partial charge < -0.3 is 4.57 Å². The van der Waals surface area contributed by atoms with Gasteiger partial charge in [0, 0.05) is 23.1 Å². The van der Waals surface area contributed by atoms with Gasteiger partial charge in [-0.05, 0) is 49.6 Å². The first-order valence-corrected chi connectivity index (χ1v) is 6.20. The highest BCUT2D eigenvalue weighted by Gasteiger charge is 2.03. The second-order valence-electron chi connectivity index (χ2n) is 3.30. The Kier molecular flexibility index (Phi) is 3.56. The van der Waals surface area contributed by atoms with Crippen LogP contribution in [0.2, 0.25) is 0 Å². The molecule has 16 heavy (non-hydrogen) atoms. The van der Waals surface area contributed by atoms with Crippen LogP contribution in [0.15, 0.2) is 50.5 Å². The van der Waals surface area contributed by atoms with Gasteiger partial charge in [0.05, 0.1) is 11.0 Å². The number of nitrogens with zero attached hydrogens (tertiary/aromatic N) is 2. The highest BCUT2D eigenvalue weighted by atomic mass is 79.9. The predicted molar refractivity (Wildman–Crippen MR) is 69.4 cm³/mol. The van der Waals surface area contributed by atoms with Crippen LogP contribution in [0.1, 0.15) is 5.56 Å². The van der Waals surface area contributed by atoms with Crippen molar-refractivity contribution in [2.45, 2.75) is 6.54 Å². The standard InChI is InChI=1S/C11H8Br2N2O/c12-9-4-10(13)11(16)15(7-9)6-8-2-1-3-14-5-8/h1-5,7H,6H2. The highest BCUT2D eigenvalue weighted by Crippen LogP contribution is 2.13. The van der Waals surface area contributed by atoms with E-state index in [1.54, 1.807) is 29.2 Å². The fraction of sp³-hybridized carbons (Fsp3) is 0.0909. The van der Waals surface area contributed by atoms with Crippen LogP contribution in [0, 0.1) is 0 Å². The van der Waals surface area contributed by atoms with Gasteiger partial charge in [-0.1, -0.05) is 6.07 Å². The van der Waals surface area contributed by atoms with Crippen molar-refractivity contribution in [2.24, 2.45) is 0 Å². The summed E-state index contributed by atoms with van der Waals surface area (Å²) in [6.07, 6.45) is 5.23. The minimum atomic E-state index is -0.0490. The van der Waals surface area contributed by atoms with E-state index < -0.39 is 0 Å². The maximum absolute atomic E-state index is 11.8. The fourth-order valence-electron chi connectivity index (χ4n) is 1.37. The first-order chi connectivity index (χ1) is 7.66. The zero-order chi connectivity index (χ0) is 11.5. The maximum atomic E-state index is 11.8. The Morgan fingerprint density at radius 3 is 2.88 bits per heavy atom. The van der Waals surface area contributed by atoms with Crippen molar-refractivity contribution < 1.29 is 0 Å². The van der Waals surface area contributed by atoms with Crippen LogP contribution in [0.4, 0.5) is 0 Å². The van der Waals surface area contributed by atoms with E-state index in [1.165, 1.54) is 0 Å². The Morgan fingerprint density at radius 1 is 1.38 bits per heavy atom. The molecule has 3 nitrogen and oxygen atoms in total. The molecule has 0 saturated carbocycles. The molecule has 0 radical (unpaired) electrons. The zero-order valence-corrected chi connectivity index (χ0v) is 11.4. The van der Waals surface area contributed by atoms with Crippen LogP contribution >= 0.6 is 31.9 Å². The van der Waals surface area contributed by atoms with Gasteiger partial charge in [-0.25, -0.2) is 0 Å². The molecule has 0 atom stereocenters. The van der Waals surface area contributed by atoms with Gasteiger partial charge in [-0.3, -0.25) is 9.78 Å². The van der Waals surface area contributed by atoms with E-state index in [0.717, 1.165) is 10.0 Å². The molecule has 2 aromatic heterocycles. The van der Waals surface area contributed by atoms with Crippen LogP contribution in [0.5, 0.6) is 0 Å². The van der Waals surface area contributed by atoms with E-state index in [0.29, 0.717) is 11.0 Å². The lowest BCUT2D eigenvalue weighted by atomic mass is 10.3. The second-order valence-corrected chi connectivity index (χ2v) is 5.07. The van der Waals surface area contributed by atoms with E-state index in [4.69, 9.17) is 0 Å². The Hall–Kier alpha value is -0.940. The highest BCUT2D eigenvalue weighted by molar-refractivity contribution is 9.11. The van der Waals surface area contributed by atoms with Crippen LogP contribution in [0.3, 0.4) is 0 Å². The third kappa shape index (κ3) is 2.59. The third-order valence-electron chi connectivity index (χ3n) is 2.08. The molecule has 0 aliphatic heterocycles. The molecule has 0 fully saturated rings. The quantitative estimate of drug-likeness (QED) is 0.840.